The molecule has 2 atom stereocenters. The van der Waals surface area contributed by atoms with Crippen LogP contribution < -0.4 is 20.1 Å². The Bertz CT molecular complexity index is 1030. The molecule has 1 saturated carbocycles. The summed E-state index contributed by atoms with van der Waals surface area (Å²) in [5.74, 6) is 1.58. The molecule has 3 aromatic rings. The summed E-state index contributed by atoms with van der Waals surface area (Å²) in [6.45, 7) is 2.68. The minimum atomic E-state index is -0.157. The van der Waals surface area contributed by atoms with E-state index in [0.717, 1.165) is 29.7 Å². The number of benzene rings is 2. The molecule has 0 spiro atoms. The molecular weight excluding hydrogens is 378 g/mol. The monoisotopic (exact) mass is 408 g/mol. The molecular formula is C24H30N3O3+. The van der Waals surface area contributed by atoms with Gasteiger partial charge in [0.25, 0.3) is 5.91 Å². The third-order valence-electron chi connectivity index (χ3n) is 5.87. The van der Waals surface area contributed by atoms with Gasteiger partial charge in [0.1, 0.15) is 0 Å². The van der Waals surface area contributed by atoms with Crippen molar-refractivity contribution < 1.29 is 19.6 Å². The number of carbonyl (C=O) groups excluding carboxylic acids is 1. The quantitative estimate of drug-likeness (QED) is 0.509. The predicted molar refractivity (Wildman–Crippen MR) is 117 cm³/mol. The highest BCUT2D eigenvalue weighted by atomic mass is 16.5. The fourth-order valence-electron chi connectivity index (χ4n) is 4.00. The number of aromatic nitrogens is 1. The van der Waals surface area contributed by atoms with Gasteiger partial charge in [-0.25, -0.2) is 0 Å². The lowest BCUT2D eigenvalue weighted by Gasteiger charge is -2.21. The van der Waals surface area contributed by atoms with Crippen LogP contribution in [0.4, 0.5) is 0 Å². The minimum absolute atomic E-state index is 0.0300. The Balaban J connectivity index is 1.67. The standard InChI is InChI=1S/C24H29N3O3/c1-15(24(28)27-16-11-12-16)25-13-20(18-8-6-10-22(29-2)23(18)30-3)19-14-26-21-9-5-4-7-17(19)21/h4-10,14-16,20,25-26H,11-13H2,1-3H3,(H,27,28)/p+1/t15-,20-/m0/s1. The number of methoxy groups -OCH3 is 2. The molecule has 4 N–H and O–H groups in total. The van der Waals surface area contributed by atoms with Crippen LogP contribution in [0.15, 0.2) is 48.7 Å². The number of nitrogens with two attached hydrogens (primary N) is 1. The second-order valence-electron chi connectivity index (χ2n) is 7.97. The van der Waals surface area contributed by atoms with E-state index in [9.17, 15) is 4.79 Å². The molecule has 0 aliphatic heterocycles. The molecule has 0 unspecified atom stereocenters. The summed E-state index contributed by atoms with van der Waals surface area (Å²) in [6, 6.07) is 14.5. The molecule has 2 aromatic carbocycles. The van der Waals surface area contributed by atoms with Crippen LogP contribution in [0.5, 0.6) is 11.5 Å². The lowest BCUT2D eigenvalue weighted by atomic mass is 9.89. The maximum absolute atomic E-state index is 12.5. The summed E-state index contributed by atoms with van der Waals surface area (Å²) in [5.41, 5.74) is 3.33. The van der Waals surface area contributed by atoms with Gasteiger partial charge in [-0.05, 0) is 37.5 Å². The normalized spacial score (nSPS) is 15.6. The highest BCUT2D eigenvalue weighted by molar-refractivity contribution is 5.84. The number of hydrogen-bond acceptors (Lipinski definition) is 3. The number of fused-ring (bicyclic) bond motifs is 1. The first-order valence-corrected chi connectivity index (χ1v) is 10.5. The highest BCUT2D eigenvalue weighted by Crippen LogP contribution is 2.39. The van der Waals surface area contributed by atoms with Crippen LogP contribution >= 0.6 is 0 Å². The van der Waals surface area contributed by atoms with Gasteiger partial charge in [-0.15, -0.1) is 0 Å². The Kier molecular flexibility index (Phi) is 5.95. The van der Waals surface area contributed by atoms with Crippen LogP contribution in [0.25, 0.3) is 10.9 Å². The number of para-hydroxylation sites is 2. The number of rotatable bonds is 9. The van der Waals surface area contributed by atoms with Crippen LogP contribution in [0.1, 0.15) is 36.8 Å². The molecule has 1 heterocycles. The highest BCUT2D eigenvalue weighted by Gasteiger charge is 2.29. The van der Waals surface area contributed by atoms with Crippen molar-refractivity contribution in [1.82, 2.24) is 10.3 Å². The average Bonchev–Trinajstić information content (AvgIpc) is 3.49. The van der Waals surface area contributed by atoms with Gasteiger partial charge in [0.05, 0.1) is 26.7 Å². The zero-order chi connectivity index (χ0) is 21.1. The van der Waals surface area contributed by atoms with Crippen LogP contribution in [0, 0.1) is 0 Å². The third kappa shape index (κ3) is 4.14. The fraction of sp³-hybridized carbons (Fsp3) is 0.375. The molecule has 1 fully saturated rings. The van der Waals surface area contributed by atoms with Crippen LogP contribution in [-0.4, -0.2) is 43.7 Å². The predicted octanol–water partition coefficient (Wildman–Crippen LogP) is 2.55. The van der Waals surface area contributed by atoms with Crippen molar-refractivity contribution >= 4 is 16.8 Å². The molecule has 4 rings (SSSR count). The van der Waals surface area contributed by atoms with Crippen LogP contribution in [0.2, 0.25) is 0 Å². The summed E-state index contributed by atoms with van der Waals surface area (Å²) in [5, 5.41) is 6.39. The van der Waals surface area contributed by atoms with E-state index in [0.29, 0.717) is 18.3 Å². The van der Waals surface area contributed by atoms with Gasteiger partial charge < -0.3 is 25.1 Å². The number of ether oxygens (including phenoxy) is 2. The first-order valence-electron chi connectivity index (χ1n) is 10.5. The maximum Gasteiger partial charge on any atom is 0.278 e. The zero-order valence-electron chi connectivity index (χ0n) is 17.8. The Morgan fingerprint density at radius 2 is 1.93 bits per heavy atom. The molecule has 1 aliphatic rings. The number of hydrogen-bond donors (Lipinski definition) is 3. The topological polar surface area (TPSA) is 80.0 Å². The Morgan fingerprint density at radius 3 is 2.67 bits per heavy atom. The van der Waals surface area contributed by atoms with Gasteiger partial charge in [0.15, 0.2) is 17.5 Å². The van der Waals surface area contributed by atoms with E-state index in [-0.39, 0.29) is 17.9 Å². The van der Waals surface area contributed by atoms with Crippen LogP contribution in [0.3, 0.4) is 0 Å². The molecule has 1 amide bonds. The number of nitrogens with one attached hydrogen (secondary N) is 2. The molecule has 0 bridgehead atoms. The van der Waals surface area contributed by atoms with E-state index in [1.165, 1.54) is 10.9 Å². The minimum Gasteiger partial charge on any atom is -0.493 e. The van der Waals surface area contributed by atoms with Gasteiger partial charge in [-0.1, -0.05) is 30.3 Å². The Morgan fingerprint density at radius 1 is 1.13 bits per heavy atom. The van der Waals surface area contributed by atoms with Gasteiger partial charge >= 0.3 is 0 Å². The van der Waals surface area contributed by atoms with E-state index < -0.39 is 0 Å². The van der Waals surface area contributed by atoms with Crippen LogP contribution in [-0.2, 0) is 4.79 Å². The van der Waals surface area contributed by atoms with Crippen molar-refractivity contribution in [1.29, 1.82) is 0 Å². The number of quaternary nitrogens is 1. The second-order valence-corrected chi connectivity index (χ2v) is 7.97. The smallest absolute Gasteiger partial charge is 0.278 e. The first kappa shape index (κ1) is 20.3. The molecule has 1 aromatic heterocycles. The molecule has 158 valence electrons. The summed E-state index contributed by atoms with van der Waals surface area (Å²) in [6.07, 6.45) is 4.26. The molecule has 6 nitrogen and oxygen atoms in total. The Hall–Kier alpha value is -2.99. The second kappa shape index (κ2) is 8.79. The number of carbonyl (C=O) groups is 1. The number of amides is 1. The van der Waals surface area contributed by atoms with E-state index in [2.05, 4.69) is 46.1 Å². The lowest BCUT2D eigenvalue weighted by Crippen LogP contribution is -2.92. The molecule has 6 heteroatoms. The first-order chi connectivity index (χ1) is 14.6. The summed E-state index contributed by atoms with van der Waals surface area (Å²) in [4.78, 5) is 15.9. The number of aromatic amines is 1. The van der Waals surface area contributed by atoms with Crippen molar-refractivity contribution in [2.24, 2.45) is 0 Å². The largest absolute Gasteiger partial charge is 0.493 e. The van der Waals surface area contributed by atoms with E-state index in [4.69, 9.17) is 9.47 Å². The van der Waals surface area contributed by atoms with E-state index in [1.54, 1.807) is 14.2 Å². The summed E-state index contributed by atoms with van der Waals surface area (Å²) >= 11 is 0. The maximum atomic E-state index is 12.5. The summed E-state index contributed by atoms with van der Waals surface area (Å²) in [7, 11) is 3.32. The molecule has 0 radical (unpaired) electrons. The SMILES string of the molecule is COc1cccc([C@H](C[NH2+][C@@H](C)C(=O)NC2CC2)c2c[nH]c3ccccc23)c1OC. The van der Waals surface area contributed by atoms with Gasteiger partial charge in [-0.2, -0.15) is 0 Å². The van der Waals surface area contributed by atoms with Crippen molar-refractivity contribution in [3.63, 3.8) is 0 Å². The van der Waals surface area contributed by atoms with Gasteiger partial charge in [0, 0.05) is 28.7 Å². The van der Waals surface area contributed by atoms with E-state index in [1.807, 2.05) is 25.1 Å². The number of H-pyrrole nitrogens is 1. The lowest BCUT2D eigenvalue weighted by molar-refractivity contribution is -0.674. The zero-order valence-corrected chi connectivity index (χ0v) is 17.8. The molecule has 0 saturated heterocycles. The van der Waals surface area contributed by atoms with Crippen molar-refractivity contribution in [3.8, 4) is 11.5 Å². The molecule has 1 aliphatic carbocycles. The van der Waals surface area contributed by atoms with Gasteiger partial charge in [-0.3, -0.25) is 4.79 Å². The molecule has 30 heavy (non-hydrogen) atoms. The van der Waals surface area contributed by atoms with Gasteiger partial charge in [0.2, 0.25) is 0 Å². The summed E-state index contributed by atoms with van der Waals surface area (Å²) < 4.78 is 11.3. The van der Waals surface area contributed by atoms with Crippen molar-refractivity contribution in [2.75, 3.05) is 20.8 Å². The van der Waals surface area contributed by atoms with Crippen molar-refractivity contribution in [3.05, 3.63) is 59.8 Å². The van der Waals surface area contributed by atoms with E-state index >= 15 is 0 Å². The average molecular weight is 409 g/mol. The third-order valence-corrected chi connectivity index (χ3v) is 5.87. The Labute approximate surface area is 177 Å². The fourth-order valence-corrected chi connectivity index (χ4v) is 4.00. The van der Waals surface area contributed by atoms with Crippen molar-refractivity contribution in [2.45, 2.75) is 37.8 Å².